The molecule has 0 amide bonds. The summed E-state index contributed by atoms with van der Waals surface area (Å²) in [4.78, 5) is 15.5. The van der Waals surface area contributed by atoms with Crippen LogP contribution in [0, 0.1) is 0 Å². The summed E-state index contributed by atoms with van der Waals surface area (Å²) in [5.74, 6) is 0.703. The Kier molecular flexibility index (Phi) is 7.14. The molecule has 0 N–H and O–H groups in total. The van der Waals surface area contributed by atoms with E-state index in [1.165, 1.54) is 5.39 Å². The first kappa shape index (κ1) is 31.1. The second-order valence-corrected chi connectivity index (χ2v) is 13.9. The van der Waals surface area contributed by atoms with Gasteiger partial charge in [-0.15, -0.1) is 0 Å². The molecule has 3 aromatic heterocycles. The molecular formula is C51H31N3O. The molecular weight excluding hydrogens is 671 g/mol. The maximum Gasteiger partial charge on any atom is 0.160 e. The number of hydrogen-bond acceptors (Lipinski definition) is 4. The molecule has 256 valence electrons. The molecule has 4 nitrogen and oxygen atoms in total. The van der Waals surface area contributed by atoms with Crippen LogP contribution in [-0.2, 0) is 0 Å². The molecule has 55 heavy (non-hydrogen) atoms. The number of benzene rings is 8. The zero-order valence-electron chi connectivity index (χ0n) is 29.6. The predicted octanol–water partition coefficient (Wildman–Crippen LogP) is 13.6. The van der Waals surface area contributed by atoms with E-state index in [9.17, 15) is 0 Å². The summed E-state index contributed by atoms with van der Waals surface area (Å²) in [6, 6.07) is 65.4. The first-order chi connectivity index (χ1) is 27.3. The summed E-state index contributed by atoms with van der Waals surface area (Å²) < 4.78 is 6.57. The number of aromatic nitrogens is 3. The number of pyridine rings is 1. The normalized spacial score (nSPS) is 11.6. The predicted molar refractivity (Wildman–Crippen MR) is 227 cm³/mol. The van der Waals surface area contributed by atoms with Gasteiger partial charge in [-0.2, -0.15) is 0 Å². The number of rotatable bonds is 5. The van der Waals surface area contributed by atoms with Crippen LogP contribution in [0.4, 0.5) is 0 Å². The second-order valence-electron chi connectivity index (χ2n) is 13.9. The summed E-state index contributed by atoms with van der Waals surface area (Å²) in [6.07, 6.45) is 0. The Morgan fingerprint density at radius 3 is 1.65 bits per heavy atom. The molecule has 0 fully saturated rings. The van der Waals surface area contributed by atoms with Crippen molar-refractivity contribution < 1.29 is 4.42 Å². The third-order valence-corrected chi connectivity index (χ3v) is 10.7. The highest BCUT2D eigenvalue weighted by Crippen LogP contribution is 2.46. The molecule has 0 saturated heterocycles. The fourth-order valence-corrected chi connectivity index (χ4v) is 8.11. The lowest BCUT2D eigenvalue weighted by Gasteiger charge is -2.16. The van der Waals surface area contributed by atoms with Crippen molar-refractivity contribution in [3.63, 3.8) is 0 Å². The van der Waals surface area contributed by atoms with Gasteiger partial charge in [0, 0.05) is 54.6 Å². The number of para-hydroxylation sites is 3. The Bertz CT molecular complexity index is 3240. The summed E-state index contributed by atoms with van der Waals surface area (Å²) in [7, 11) is 0. The van der Waals surface area contributed by atoms with Gasteiger partial charge in [0.05, 0.1) is 22.4 Å². The van der Waals surface area contributed by atoms with Crippen LogP contribution < -0.4 is 0 Å². The third kappa shape index (κ3) is 5.19. The Morgan fingerprint density at radius 1 is 0.309 bits per heavy atom. The fourth-order valence-electron chi connectivity index (χ4n) is 8.11. The van der Waals surface area contributed by atoms with Gasteiger partial charge in [0.25, 0.3) is 0 Å². The smallest absolute Gasteiger partial charge is 0.160 e. The van der Waals surface area contributed by atoms with Crippen molar-refractivity contribution in [3.05, 3.63) is 188 Å². The molecule has 3 heterocycles. The minimum Gasteiger partial charge on any atom is -0.456 e. The minimum atomic E-state index is 0.703. The van der Waals surface area contributed by atoms with Crippen LogP contribution in [0.15, 0.2) is 192 Å². The number of hydrogen-bond donors (Lipinski definition) is 0. The molecule has 0 radical (unpaired) electrons. The molecule has 0 atom stereocenters. The Labute approximate surface area is 317 Å². The van der Waals surface area contributed by atoms with Gasteiger partial charge in [-0.05, 0) is 47.0 Å². The number of furan rings is 1. The topological polar surface area (TPSA) is 51.8 Å². The van der Waals surface area contributed by atoms with E-state index in [-0.39, 0.29) is 0 Å². The van der Waals surface area contributed by atoms with Crippen molar-refractivity contribution in [2.24, 2.45) is 0 Å². The van der Waals surface area contributed by atoms with Gasteiger partial charge in [-0.3, -0.25) is 0 Å². The molecule has 4 heteroatoms. The summed E-state index contributed by atoms with van der Waals surface area (Å²) in [5.41, 5.74) is 13.0. The van der Waals surface area contributed by atoms with Gasteiger partial charge < -0.3 is 4.42 Å². The molecule has 11 rings (SSSR count). The van der Waals surface area contributed by atoms with Gasteiger partial charge in [0.15, 0.2) is 5.82 Å². The van der Waals surface area contributed by atoms with Crippen molar-refractivity contribution in [1.82, 2.24) is 15.0 Å². The summed E-state index contributed by atoms with van der Waals surface area (Å²) in [6.45, 7) is 0. The van der Waals surface area contributed by atoms with Gasteiger partial charge in [0.2, 0.25) is 0 Å². The largest absolute Gasteiger partial charge is 0.456 e. The summed E-state index contributed by atoms with van der Waals surface area (Å²) >= 11 is 0. The first-order valence-corrected chi connectivity index (χ1v) is 18.5. The quantitative estimate of drug-likeness (QED) is 0.168. The van der Waals surface area contributed by atoms with E-state index in [0.717, 1.165) is 99.5 Å². The first-order valence-electron chi connectivity index (χ1n) is 18.5. The van der Waals surface area contributed by atoms with Gasteiger partial charge in [-0.1, -0.05) is 158 Å². The van der Waals surface area contributed by atoms with Crippen LogP contribution in [0.25, 0.3) is 111 Å². The van der Waals surface area contributed by atoms with Gasteiger partial charge in [0.1, 0.15) is 11.2 Å². The van der Waals surface area contributed by atoms with Crippen molar-refractivity contribution in [1.29, 1.82) is 0 Å². The zero-order valence-corrected chi connectivity index (χ0v) is 29.6. The van der Waals surface area contributed by atoms with E-state index in [1.807, 2.05) is 42.5 Å². The van der Waals surface area contributed by atoms with Crippen molar-refractivity contribution in [2.45, 2.75) is 0 Å². The molecule has 11 aromatic rings. The SMILES string of the molecule is c1ccc(-c2nc(-c3cccc(-c4ccc(-c5nc6ccccc6c6c(-c7ccccc7)c7c(cc56)oc5ccccc57)cc4)c3)nc3ccccc23)cc1. The van der Waals surface area contributed by atoms with E-state index < -0.39 is 0 Å². The standard InChI is InChI=1S/C51H31N3O/c1-3-14-33(15-4-1)46-47-38-20-7-10-23-42(38)52-50(41(47)31-45-48(46)40-22-9-12-25-44(40)55-45)35-28-26-32(27-29-35)36-18-13-19-37(30-36)51-53-43-24-11-8-21-39(43)49(54-51)34-16-5-2-6-17-34/h1-31H. The Hall–Kier alpha value is -7.43. The maximum atomic E-state index is 6.57. The average Bonchev–Trinajstić information content (AvgIpc) is 3.64. The molecule has 8 aromatic carbocycles. The number of fused-ring (bicyclic) bond motifs is 7. The molecule has 0 spiro atoms. The second kappa shape index (κ2) is 12.6. The van der Waals surface area contributed by atoms with E-state index >= 15 is 0 Å². The van der Waals surface area contributed by atoms with Crippen molar-refractivity contribution >= 4 is 54.5 Å². The van der Waals surface area contributed by atoms with Crippen LogP contribution in [-0.4, -0.2) is 15.0 Å². The monoisotopic (exact) mass is 701 g/mol. The van der Waals surface area contributed by atoms with Crippen LogP contribution in [0.2, 0.25) is 0 Å². The number of nitrogens with zero attached hydrogens (tertiary/aromatic N) is 3. The molecule has 0 unspecified atom stereocenters. The third-order valence-electron chi connectivity index (χ3n) is 10.7. The van der Waals surface area contributed by atoms with Crippen LogP contribution >= 0.6 is 0 Å². The van der Waals surface area contributed by atoms with Gasteiger partial charge in [-0.25, -0.2) is 15.0 Å². The van der Waals surface area contributed by atoms with Crippen LogP contribution in [0.5, 0.6) is 0 Å². The molecule has 0 aliphatic heterocycles. The lowest BCUT2D eigenvalue weighted by atomic mass is 9.89. The van der Waals surface area contributed by atoms with E-state index in [0.29, 0.717) is 5.82 Å². The highest BCUT2D eigenvalue weighted by molar-refractivity contribution is 6.27. The average molecular weight is 702 g/mol. The summed E-state index contributed by atoms with van der Waals surface area (Å²) in [5, 5.41) is 6.62. The molecule has 0 aliphatic carbocycles. The van der Waals surface area contributed by atoms with E-state index in [4.69, 9.17) is 19.4 Å². The zero-order chi connectivity index (χ0) is 36.3. The highest BCUT2D eigenvalue weighted by atomic mass is 16.3. The van der Waals surface area contributed by atoms with Crippen molar-refractivity contribution in [2.75, 3.05) is 0 Å². The molecule has 0 bridgehead atoms. The Balaban J connectivity index is 1.07. The maximum absolute atomic E-state index is 6.57. The lowest BCUT2D eigenvalue weighted by Crippen LogP contribution is -1.95. The molecule has 0 aliphatic rings. The van der Waals surface area contributed by atoms with Crippen molar-refractivity contribution in [3.8, 4) is 56.2 Å². The van der Waals surface area contributed by atoms with Crippen LogP contribution in [0.1, 0.15) is 0 Å². The lowest BCUT2D eigenvalue weighted by molar-refractivity contribution is 0.669. The van der Waals surface area contributed by atoms with E-state index in [1.54, 1.807) is 0 Å². The molecule has 0 saturated carbocycles. The van der Waals surface area contributed by atoms with Crippen LogP contribution in [0.3, 0.4) is 0 Å². The van der Waals surface area contributed by atoms with Gasteiger partial charge >= 0.3 is 0 Å². The highest BCUT2D eigenvalue weighted by Gasteiger charge is 2.21. The fraction of sp³-hybridized carbons (Fsp3) is 0. The Morgan fingerprint density at radius 2 is 0.873 bits per heavy atom. The minimum absolute atomic E-state index is 0.703. The van der Waals surface area contributed by atoms with E-state index in [2.05, 4.69) is 146 Å².